The van der Waals surface area contributed by atoms with Crippen LogP contribution >= 0.6 is 11.6 Å². The maximum atomic E-state index is 10.8. The van der Waals surface area contributed by atoms with E-state index in [1.807, 2.05) is 24.6 Å². The monoisotopic (exact) mass is 279 g/mol. The van der Waals surface area contributed by atoms with Gasteiger partial charge < -0.3 is 4.57 Å². The second kappa shape index (κ2) is 5.40. The van der Waals surface area contributed by atoms with E-state index in [0.29, 0.717) is 11.6 Å². The van der Waals surface area contributed by atoms with Gasteiger partial charge in [0.2, 0.25) is 0 Å². The van der Waals surface area contributed by atoms with Crippen LogP contribution in [0.1, 0.15) is 31.2 Å². The molecular formula is C13H14ClN3O2. The molecule has 0 fully saturated rings. The molecule has 5 nitrogen and oxygen atoms in total. The highest BCUT2D eigenvalue weighted by molar-refractivity contribution is 6.31. The highest BCUT2D eigenvalue weighted by atomic mass is 35.5. The molecule has 0 saturated heterocycles. The van der Waals surface area contributed by atoms with E-state index >= 15 is 0 Å². The van der Waals surface area contributed by atoms with E-state index < -0.39 is 4.92 Å². The minimum atomic E-state index is -0.420. The van der Waals surface area contributed by atoms with Gasteiger partial charge in [-0.15, -0.1) is 0 Å². The van der Waals surface area contributed by atoms with E-state index in [1.165, 1.54) is 12.1 Å². The number of benzene rings is 1. The van der Waals surface area contributed by atoms with Crippen molar-refractivity contribution in [2.75, 3.05) is 0 Å². The Morgan fingerprint density at radius 1 is 1.47 bits per heavy atom. The van der Waals surface area contributed by atoms with Gasteiger partial charge in [-0.05, 0) is 11.6 Å². The van der Waals surface area contributed by atoms with Crippen molar-refractivity contribution in [2.45, 2.75) is 26.3 Å². The minimum Gasteiger partial charge on any atom is -0.330 e. The zero-order valence-electron chi connectivity index (χ0n) is 10.7. The van der Waals surface area contributed by atoms with Crippen molar-refractivity contribution < 1.29 is 4.92 Å². The molecule has 19 heavy (non-hydrogen) atoms. The number of nitro benzene ring substituents is 1. The van der Waals surface area contributed by atoms with Crippen molar-refractivity contribution in [1.82, 2.24) is 9.55 Å². The fourth-order valence-corrected chi connectivity index (χ4v) is 2.11. The van der Waals surface area contributed by atoms with E-state index in [-0.39, 0.29) is 11.6 Å². The van der Waals surface area contributed by atoms with E-state index in [2.05, 4.69) is 4.98 Å². The van der Waals surface area contributed by atoms with Crippen molar-refractivity contribution in [1.29, 1.82) is 0 Å². The number of hydrogen-bond donors (Lipinski definition) is 0. The molecule has 0 atom stereocenters. The molecule has 1 aromatic carbocycles. The number of halogens is 1. The summed E-state index contributed by atoms with van der Waals surface area (Å²) in [5.41, 5.74) is 0.765. The molecule has 0 amide bonds. The van der Waals surface area contributed by atoms with Gasteiger partial charge in [-0.2, -0.15) is 0 Å². The summed E-state index contributed by atoms with van der Waals surface area (Å²) in [6.07, 6.45) is 3.57. The Morgan fingerprint density at radius 3 is 2.84 bits per heavy atom. The van der Waals surface area contributed by atoms with E-state index in [4.69, 9.17) is 11.6 Å². The lowest BCUT2D eigenvalue weighted by Gasteiger charge is -2.11. The number of rotatable bonds is 4. The first-order valence-corrected chi connectivity index (χ1v) is 6.30. The average molecular weight is 280 g/mol. The maximum Gasteiger partial charge on any atom is 0.269 e. The zero-order chi connectivity index (χ0) is 14.0. The van der Waals surface area contributed by atoms with Gasteiger partial charge in [0.25, 0.3) is 5.69 Å². The van der Waals surface area contributed by atoms with Crippen LogP contribution in [0.5, 0.6) is 0 Å². The van der Waals surface area contributed by atoms with Crippen LogP contribution in [0.4, 0.5) is 5.69 Å². The third-order valence-electron chi connectivity index (χ3n) is 2.84. The fraction of sp³-hybridized carbons (Fsp3) is 0.308. The summed E-state index contributed by atoms with van der Waals surface area (Å²) in [6.45, 7) is 4.58. The zero-order valence-corrected chi connectivity index (χ0v) is 11.5. The van der Waals surface area contributed by atoms with Gasteiger partial charge in [-0.3, -0.25) is 10.1 Å². The van der Waals surface area contributed by atoms with Gasteiger partial charge in [0.1, 0.15) is 5.82 Å². The maximum absolute atomic E-state index is 10.8. The molecule has 0 aliphatic rings. The van der Waals surface area contributed by atoms with Gasteiger partial charge in [0.05, 0.1) is 11.5 Å². The van der Waals surface area contributed by atoms with Crippen LogP contribution in [-0.2, 0) is 6.54 Å². The molecule has 6 heteroatoms. The Morgan fingerprint density at radius 2 is 2.21 bits per heavy atom. The van der Waals surface area contributed by atoms with E-state index in [0.717, 1.165) is 11.4 Å². The van der Waals surface area contributed by atoms with Gasteiger partial charge in [-0.1, -0.05) is 25.4 Å². The Kier molecular flexibility index (Phi) is 3.85. The van der Waals surface area contributed by atoms with Crippen molar-refractivity contribution >= 4 is 17.3 Å². The van der Waals surface area contributed by atoms with E-state index in [9.17, 15) is 10.1 Å². The summed E-state index contributed by atoms with van der Waals surface area (Å²) in [7, 11) is 0. The summed E-state index contributed by atoms with van der Waals surface area (Å²) in [5.74, 6) is 1.22. The number of nitro groups is 1. The highest BCUT2D eigenvalue weighted by Crippen LogP contribution is 2.24. The van der Waals surface area contributed by atoms with Crippen molar-refractivity contribution in [2.24, 2.45) is 0 Å². The lowest BCUT2D eigenvalue weighted by molar-refractivity contribution is -0.384. The molecule has 100 valence electrons. The molecule has 2 aromatic rings. The molecule has 0 saturated carbocycles. The molecule has 0 aliphatic heterocycles. The van der Waals surface area contributed by atoms with Crippen LogP contribution in [0.15, 0.2) is 30.6 Å². The fourth-order valence-electron chi connectivity index (χ4n) is 1.93. The number of non-ortho nitro benzene ring substituents is 1. The predicted molar refractivity (Wildman–Crippen MR) is 73.5 cm³/mol. The molecule has 1 heterocycles. The minimum absolute atomic E-state index is 0.0469. The molecule has 1 aromatic heterocycles. The smallest absolute Gasteiger partial charge is 0.269 e. The number of imidazole rings is 1. The van der Waals surface area contributed by atoms with Crippen LogP contribution in [-0.4, -0.2) is 14.5 Å². The van der Waals surface area contributed by atoms with Crippen LogP contribution in [0, 0.1) is 10.1 Å². The largest absolute Gasteiger partial charge is 0.330 e. The third kappa shape index (κ3) is 2.93. The standard InChI is InChI=1S/C13H14ClN3O2/c1-9(2)13-15-5-6-16(13)8-10-7-11(17(18)19)3-4-12(10)14/h3-7,9H,8H2,1-2H3. The Bertz CT molecular complexity index is 608. The molecule has 0 unspecified atom stereocenters. The van der Waals surface area contributed by atoms with Crippen LogP contribution in [0.3, 0.4) is 0 Å². The van der Waals surface area contributed by atoms with Gasteiger partial charge >= 0.3 is 0 Å². The Labute approximate surface area is 116 Å². The van der Waals surface area contributed by atoms with Crippen molar-refractivity contribution in [3.8, 4) is 0 Å². The normalized spacial score (nSPS) is 10.9. The predicted octanol–water partition coefficient (Wildman–Crippen LogP) is 3.62. The number of aromatic nitrogens is 2. The van der Waals surface area contributed by atoms with Gasteiger partial charge in [0, 0.05) is 35.5 Å². The van der Waals surface area contributed by atoms with Crippen LogP contribution < -0.4 is 0 Å². The first kappa shape index (κ1) is 13.5. The number of nitrogens with zero attached hydrogens (tertiary/aromatic N) is 3. The van der Waals surface area contributed by atoms with Crippen molar-refractivity contribution in [3.05, 3.63) is 57.1 Å². The first-order valence-electron chi connectivity index (χ1n) is 5.93. The van der Waals surface area contributed by atoms with Crippen LogP contribution in [0.2, 0.25) is 5.02 Å². The highest BCUT2D eigenvalue weighted by Gasteiger charge is 2.12. The summed E-state index contributed by atoms with van der Waals surface area (Å²) in [4.78, 5) is 14.7. The molecule has 0 bridgehead atoms. The van der Waals surface area contributed by atoms with Gasteiger partial charge in [-0.25, -0.2) is 4.98 Å². The SMILES string of the molecule is CC(C)c1nccn1Cc1cc([N+](=O)[O-])ccc1Cl. The molecule has 0 aliphatic carbocycles. The number of hydrogen-bond acceptors (Lipinski definition) is 3. The van der Waals surface area contributed by atoms with Crippen LogP contribution in [0.25, 0.3) is 0 Å². The first-order chi connectivity index (χ1) is 8.99. The topological polar surface area (TPSA) is 61.0 Å². The Hall–Kier alpha value is -1.88. The second-order valence-corrected chi connectivity index (χ2v) is 5.01. The summed E-state index contributed by atoms with van der Waals surface area (Å²) in [6, 6.07) is 4.47. The molecule has 0 spiro atoms. The third-order valence-corrected chi connectivity index (χ3v) is 3.21. The Balaban J connectivity index is 2.35. The lowest BCUT2D eigenvalue weighted by atomic mass is 10.1. The van der Waals surface area contributed by atoms with Gasteiger partial charge in [0.15, 0.2) is 0 Å². The summed E-state index contributed by atoms with van der Waals surface area (Å²) in [5, 5.41) is 11.3. The van der Waals surface area contributed by atoms with Crippen molar-refractivity contribution in [3.63, 3.8) is 0 Å². The van der Waals surface area contributed by atoms with E-state index in [1.54, 1.807) is 12.3 Å². The summed E-state index contributed by atoms with van der Waals surface area (Å²) >= 11 is 6.09. The molecule has 2 rings (SSSR count). The quantitative estimate of drug-likeness (QED) is 0.634. The summed E-state index contributed by atoms with van der Waals surface area (Å²) < 4.78 is 1.95. The molecule has 0 radical (unpaired) electrons. The second-order valence-electron chi connectivity index (χ2n) is 4.60. The molecular weight excluding hydrogens is 266 g/mol. The lowest BCUT2D eigenvalue weighted by Crippen LogP contribution is -2.06. The molecule has 0 N–H and O–H groups in total. The average Bonchev–Trinajstić information content (AvgIpc) is 2.80.